The predicted octanol–water partition coefficient (Wildman–Crippen LogP) is 0.913. The first kappa shape index (κ1) is 7.65. The largest absolute Gasteiger partial charge is 0.289 e. The molecule has 1 aliphatic carbocycles. The van der Waals surface area contributed by atoms with Crippen LogP contribution in [0.2, 0.25) is 0 Å². The zero-order valence-corrected chi connectivity index (χ0v) is 7.53. The average Bonchev–Trinajstić information content (AvgIpc) is 2.46. The van der Waals surface area contributed by atoms with Gasteiger partial charge < -0.3 is 0 Å². The normalized spacial score (nSPS) is 42.5. The van der Waals surface area contributed by atoms with Gasteiger partial charge in [-0.05, 0) is 19.1 Å². The number of nitrogens with one attached hydrogen (secondary N) is 2. The number of hydrogen-bond donors (Lipinski definition) is 2. The molecule has 3 unspecified atom stereocenters. The first-order chi connectivity index (χ1) is 5.40. The molecule has 0 aromatic heterocycles. The second kappa shape index (κ2) is 3.17. The first-order valence-corrected chi connectivity index (χ1v) is 5.40. The number of thioether (sulfide) groups is 1. The Labute approximate surface area is 71.8 Å². The average molecular weight is 170 g/mol. The topological polar surface area (TPSA) is 24.1 Å². The van der Waals surface area contributed by atoms with Crippen LogP contribution in [-0.2, 0) is 0 Å². The molecule has 1 fully saturated rings. The summed E-state index contributed by atoms with van der Waals surface area (Å²) in [6.45, 7) is 0. The number of fused-ring (bicyclic) bond motifs is 1. The second-order valence-corrected chi connectivity index (χ2v) is 4.03. The van der Waals surface area contributed by atoms with Crippen LogP contribution in [0.5, 0.6) is 0 Å². The Balaban J connectivity index is 2.00. The molecule has 11 heavy (non-hydrogen) atoms. The Hall–Kier alpha value is 0.01000. The van der Waals surface area contributed by atoms with Crippen molar-refractivity contribution in [3.8, 4) is 0 Å². The fourth-order valence-electron chi connectivity index (χ4n) is 1.74. The van der Waals surface area contributed by atoms with E-state index in [2.05, 4.69) is 29.0 Å². The highest BCUT2D eigenvalue weighted by Gasteiger charge is 2.31. The van der Waals surface area contributed by atoms with E-state index >= 15 is 0 Å². The van der Waals surface area contributed by atoms with Crippen molar-refractivity contribution in [1.29, 1.82) is 0 Å². The fourth-order valence-corrected chi connectivity index (χ4v) is 2.35. The maximum absolute atomic E-state index is 3.54. The molecule has 2 aliphatic rings. The van der Waals surface area contributed by atoms with Gasteiger partial charge in [0.25, 0.3) is 0 Å². The maximum Gasteiger partial charge on any atom is 0.106 e. The minimum absolute atomic E-state index is 0.466. The van der Waals surface area contributed by atoms with Crippen LogP contribution in [-0.4, -0.2) is 23.8 Å². The van der Waals surface area contributed by atoms with Gasteiger partial charge >= 0.3 is 0 Å². The van der Waals surface area contributed by atoms with Crippen molar-refractivity contribution in [2.45, 2.75) is 30.4 Å². The van der Waals surface area contributed by atoms with Crippen LogP contribution in [0.3, 0.4) is 0 Å². The smallest absolute Gasteiger partial charge is 0.106 e. The van der Waals surface area contributed by atoms with Gasteiger partial charge in [-0.15, -0.1) is 11.8 Å². The van der Waals surface area contributed by atoms with Gasteiger partial charge in [0.2, 0.25) is 0 Å². The fraction of sp³-hybridized carbons (Fsp3) is 0.750. The van der Waals surface area contributed by atoms with Crippen molar-refractivity contribution in [3.05, 3.63) is 12.2 Å². The predicted molar refractivity (Wildman–Crippen MR) is 49.5 cm³/mol. The molecule has 1 aliphatic heterocycles. The van der Waals surface area contributed by atoms with E-state index in [0.717, 1.165) is 0 Å². The quantitative estimate of drug-likeness (QED) is 0.572. The van der Waals surface area contributed by atoms with Gasteiger partial charge in [0.1, 0.15) is 5.50 Å². The molecule has 0 aromatic carbocycles. The van der Waals surface area contributed by atoms with Crippen molar-refractivity contribution in [1.82, 2.24) is 10.6 Å². The lowest BCUT2D eigenvalue weighted by Gasteiger charge is -2.18. The van der Waals surface area contributed by atoms with Gasteiger partial charge in [0.05, 0.1) is 0 Å². The molecule has 0 radical (unpaired) electrons. The van der Waals surface area contributed by atoms with Crippen molar-refractivity contribution in [2.24, 2.45) is 0 Å². The van der Waals surface area contributed by atoms with Crippen LogP contribution in [0, 0.1) is 0 Å². The summed E-state index contributed by atoms with van der Waals surface area (Å²) in [6.07, 6.45) is 9.21. The highest BCUT2D eigenvalue weighted by atomic mass is 32.2. The van der Waals surface area contributed by atoms with E-state index in [4.69, 9.17) is 0 Å². The van der Waals surface area contributed by atoms with Crippen molar-refractivity contribution in [2.75, 3.05) is 6.26 Å². The summed E-state index contributed by atoms with van der Waals surface area (Å²) < 4.78 is 0. The number of allylic oxidation sites excluding steroid dienone is 1. The van der Waals surface area contributed by atoms with E-state index < -0.39 is 0 Å². The van der Waals surface area contributed by atoms with E-state index in [1.165, 1.54) is 12.8 Å². The van der Waals surface area contributed by atoms with Gasteiger partial charge in [0.15, 0.2) is 0 Å². The molecule has 1 saturated heterocycles. The van der Waals surface area contributed by atoms with Crippen LogP contribution in [0.4, 0.5) is 0 Å². The Morgan fingerprint density at radius 2 is 2.36 bits per heavy atom. The Morgan fingerprint density at radius 1 is 1.45 bits per heavy atom. The van der Waals surface area contributed by atoms with Gasteiger partial charge in [-0.3, -0.25) is 10.6 Å². The van der Waals surface area contributed by atoms with Crippen LogP contribution >= 0.6 is 11.8 Å². The summed E-state index contributed by atoms with van der Waals surface area (Å²) in [5.74, 6) is 0. The summed E-state index contributed by atoms with van der Waals surface area (Å²) in [5.41, 5.74) is 0.466. The van der Waals surface area contributed by atoms with Gasteiger partial charge in [-0.25, -0.2) is 0 Å². The third-order valence-corrected chi connectivity index (χ3v) is 3.11. The molecule has 2 N–H and O–H groups in total. The summed E-state index contributed by atoms with van der Waals surface area (Å²) in [6, 6.07) is 1.26. The summed E-state index contributed by atoms with van der Waals surface area (Å²) in [4.78, 5) is 0. The zero-order valence-electron chi connectivity index (χ0n) is 6.71. The van der Waals surface area contributed by atoms with E-state index in [0.29, 0.717) is 17.6 Å². The van der Waals surface area contributed by atoms with E-state index in [1.54, 1.807) is 0 Å². The molecule has 2 nitrogen and oxygen atoms in total. The Morgan fingerprint density at radius 3 is 3.09 bits per heavy atom. The SMILES string of the molecule is CSC1NC2C=CCCC2N1. The molecule has 3 atom stereocenters. The first-order valence-electron chi connectivity index (χ1n) is 4.12. The van der Waals surface area contributed by atoms with E-state index in [-0.39, 0.29) is 0 Å². The maximum atomic E-state index is 3.54. The highest BCUT2D eigenvalue weighted by molar-refractivity contribution is 7.99. The molecule has 2 rings (SSSR count). The summed E-state index contributed by atoms with van der Waals surface area (Å²) >= 11 is 1.84. The summed E-state index contributed by atoms with van der Waals surface area (Å²) in [7, 11) is 0. The molecule has 0 spiro atoms. The molecule has 1 heterocycles. The molecule has 0 aromatic rings. The monoisotopic (exact) mass is 170 g/mol. The Bertz CT molecular complexity index is 169. The van der Waals surface area contributed by atoms with Gasteiger partial charge in [0, 0.05) is 12.1 Å². The third kappa shape index (κ3) is 1.45. The van der Waals surface area contributed by atoms with E-state index in [1.807, 2.05) is 11.8 Å². The van der Waals surface area contributed by atoms with Crippen LogP contribution in [0.1, 0.15) is 12.8 Å². The molecule has 3 heteroatoms. The molecule has 62 valence electrons. The summed E-state index contributed by atoms with van der Waals surface area (Å²) in [5, 5.41) is 7.05. The second-order valence-electron chi connectivity index (χ2n) is 3.09. The lowest BCUT2D eigenvalue weighted by molar-refractivity contribution is 0.519. The van der Waals surface area contributed by atoms with Crippen molar-refractivity contribution >= 4 is 11.8 Å². The zero-order chi connectivity index (χ0) is 7.68. The third-order valence-electron chi connectivity index (χ3n) is 2.37. The van der Waals surface area contributed by atoms with Crippen LogP contribution < -0.4 is 10.6 Å². The van der Waals surface area contributed by atoms with Crippen molar-refractivity contribution in [3.63, 3.8) is 0 Å². The highest BCUT2D eigenvalue weighted by Crippen LogP contribution is 2.20. The van der Waals surface area contributed by atoms with Gasteiger partial charge in [-0.2, -0.15) is 0 Å². The molecular weight excluding hydrogens is 156 g/mol. The lowest BCUT2D eigenvalue weighted by atomic mass is 9.99. The Kier molecular flexibility index (Phi) is 2.20. The van der Waals surface area contributed by atoms with Crippen LogP contribution in [0.25, 0.3) is 0 Å². The van der Waals surface area contributed by atoms with E-state index in [9.17, 15) is 0 Å². The molecule has 0 bridgehead atoms. The molecular formula is C8H14N2S. The lowest BCUT2D eigenvalue weighted by Crippen LogP contribution is -2.33. The number of hydrogen-bond acceptors (Lipinski definition) is 3. The minimum Gasteiger partial charge on any atom is -0.289 e. The molecule has 0 saturated carbocycles. The van der Waals surface area contributed by atoms with Crippen LogP contribution in [0.15, 0.2) is 12.2 Å². The molecule has 0 amide bonds. The van der Waals surface area contributed by atoms with Crippen molar-refractivity contribution < 1.29 is 0 Å². The van der Waals surface area contributed by atoms with Gasteiger partial charge in [-0.1, -0.05) is 12.2 Å². The minimum atomic E-state index is 0.466. The number of rotatable bonds is 1. The standard InChI is InChI=1S/C8H14N2S/c1-11-8-9-6-4-2-3-5-7(6)10-8/h2,4,6-10H,3,5H2,1H3.